The highest BCUT2D eigenvalue weighted by Crippen LogP contribution is 2.35. The number of nitrogens with two attached hydrogens (primary N) is 1. The monoisotopic (exact) mass is 1330 g/mol. The average molecular weight is 1330 g/mol. The van der Waals surface area contributed by atoms with Crippen LogP contribution in [0.2, 0.25) is 5.02 Å². The minimum atomic E-state index is 0.0614. The maximum Gasteiger partial charge on any atom is 0.187 e. The van der Waals surface area contributed by atoms with E-state index >= 15 is 0 Å². The summed E-state index contributed by atoms with van der Waals surface area (Å²) in [5.74, 6) is 1.00. The van der Waals surface area contributed by atoms with Gasteiger partial charge in [-0.2, -0.15) is 0 Å². The van der Waals surface area contributed by atoms with Gasteiger partial charge in [0.2, 0.25) is 0 Å². The summed E-state index contributed by atoms with van der Waals surface area (Å²) in [6.07, 6.45) is 10.7. The SMILES string of the molecule is Cc1c(C(=O)CN2CCCCC2)c2ccc(CN)cc2n1-c1ccc(Cl)cc1.[C-]#[N+]c1ccc(-n2c(C)c(C(=O)CN3CCC(CO)CC3)c3ncc(Br)cc32)cc1.[C-]#[N+]c1ccc(-n2c(C)c(C(=O)CN3CCC(CO)CC3)c3ncc(Br)cc32)cc1. The number of rotatable bonds is 15. The van der Waals surface area contributed by atoms with Gasteiger partial charge in [-0.15, -0.1) is 0 Å². The Hall–Kier alpha value is -7.20. The molecule has 19 heteroatoms. The standard InChI is InChI=1S/2C23H23BrN4O2.C23H26ClN3O/c2*1-15-22(21(30)13-27-9-7-16(14-29)8-10-27)23-20(11-17(24)12-26-23)28(15)19-5-3-18(25-2)4-6-19;1-16-23(22(28)15-26-11-3-2-4-12-26)20-10-5-17(14-25)13-21(20)27(16)19-8-6-18(24)7-9-19/h2*3-6,11-12,16,29H,7-10,13-14H2,1H3;5-10,13H,2-4,11-12,14-15,25H2,1H3. The number of aromatic nitrogens is 5. The van der Waals surface area contributed by atoms with Crippen LogP contribution in [0.1, 0.15) is 98.7 Å². The van der Waals surface area contributed by atoms with Crippen LogP contribution in [0, 0.1) is 45.8 Å². The number of ketones is 3. The number of carbonyl (C=O) groups is 3. The van der Waals surface area contributed by atoms with Crippen LogP contribution in [0.25, 0.3) is 59.7 Å². The Morgan fingerprint density at radius 2 is 0.932 bits per heavy atom. The van der Waals surface area contributed by atoms with Crippen molar-refractivity contribution in [1.29, 1.82) is 0 Å². The van der Waals surface area contributed by atoms with Gasteiger partial charge in [-0.05, 0) is 215 Å². The van der Waals surface area contributed by atoms with Gasteiger partial charge in [0.15, 0.2) is 28.7 Å². The van der Waals surface area contributed by atoms with Gasteiger partial charge in [0.1, 0.15) is 0 Å². The van der Waals surface area contributed by atoms with Crippen LogP contribution < -0.4 is 5.73 Å². The maximum absolute atomic E-state index is 13.3. The molecule has 454 valence electrons. The van der Waals surface area contributed by atoms with Crippen LogP contribution in [0.4, 0.5) is 11.4 Å². The number of piperidine rings is 3. The average Bonchev–Trinajstić information content (AvgIpc) is 3.67. The summed E-state index contributed by atoms with van der Waals surface area (Å²) in [4.78, 5) is 62.6. The molecule has 0 spiro atoms. The maximum atomic E-state index is 13.3. The van der Waals surface area contributed by atoms with Crippen LogP contribution in [0.15, 0.2) is 124 Å². The van der Waals surface area contributed by atoms with Gasteiger partial charge in [0.05, 0.1) is 71.5 Å². The van der Waals surface area contributed by atoms with E-state index in [1.807, 2.05) is 103 Å². The molecule has 4 N–H and O–H groups in total. The molecule has 4 aromatic carbocycles. The Balaban J connectivity index is 0.000000146. The van der Waals surface area contributed by atoms with Gasteiger partial charge in [-0.3, -0.25) is 39.1 Å². The number of halogens is 3. The largest absolute Gasteiger partial charge is 0.396 e. The third-order valence-corrected chi connectivity index (χ3v) is 18.5. The van der Waals surface area contributed by atoms with Crippen molar-refractivity contribution in [1.82, 2.24) is 38.4 Å². The molecule has 12 rings (SSSR count). The fourth-order valence-corrected chi connectivity index (χ4v) is 13.4. The molecule has 88 heavy (non-hydrogen) atoms. The van der Waals surface area contributed by atoms with E-state index in [-0.39, 0.29) is 30.6 Å². The Morgan fingerprint density at radius 1 is 0.545 bits per heavy atom. The summed E-state index contributed by atoms with van der Waals surface area (Å²) >= 11 is 13.1. The van der Waals surface area contributed by atoms with Gasteiger partial charge in [-0.1, -0.05) is 54.4 Å². The number of aliphatic hydroxyl groups excluding tert-OH is 2. The number of nitrogens with zero attached hydrogens (tertiary/aromatic N) is 10. The van der Waals surface area contributed by atoms with E-state index in [0.29, 0.717) is 76.6 Å². The van der Waals surface area contributed by atoms with Crippen LogP contribution in [-0.2, 0) is 6.54 Å². The Kier molecular flexibility index (Phi) is 21.0. The van der Waals surface area contributed by atoms with Gasteiger partial charge in [0, 0.05) is 91.2 Å². The van der Waals surface area contributed by atoms with Gasteiger partial charge < -0.3 is 29.6 Å². The molecule has 0 bridgehead atoms. The van der Waals surface area contributed by atoms with Crippen LogP contribution >= 0.6 is 43.5 Å². The van der Waals surface area contributed by atoms with Crippen molar-refractivity contribution in [2.45, 2.75) is 72.3 Å². The Labute approximate surface area is 535 Å². The molecule has 0 unspecified atom stereocenters. The molecule has 8 heterocycles. The number of hydrogen-bond donors (Lipinski definition) is 3. The second-order valence-electron chi connectivity index (χ2n) is 23.1. The molecule has 0 saturated carbocycles. The second kappa shape index (κ2) is 29.0. The molecule has 5 aromatic heterocycles. The molecule has 3 saturated heterocycles. The van der Waals surface area contributed by atoms with Gasteiger partial charge in [0.25, 0.3) is 0 Å². The second-order valence-corrected chi connectivity index (χ2v) is 25.4. The third-order valence-electron chi connectivity index (χ3n) is 17.4. The highest BCUT2D eigenvalue weighted by Gasteiger charge is 2.29. The van der Waals surface area contributed by atoms with Crippen molar-refractivity contribution in [3.05, 3.63) is 192 Å². The minimum Gasteiger partial charge on any atom is -0.396 e. The normalized spacial score (nSPS) is 15.4. The summed E-state index contributed by atoms with van der Waals surface area (Å²) in [5.41, 5.74) is 19.8. The number of hydrogen-bond acceptors (Lipinski definition) is 11. The van der Waals surface area contributed by atoms with E-state index in [1.54, 1.807) is 36.7 Å². The lowest BCUT2D eigenvalue weighted by atomic mass is 9.97. The number of Topliss-reactive ketones (excluding diaryl/α,β-unsaturated/α-hetero) is 3. The zero-order valence-electron chi connectivity index (χ0n) is 49.9. The van der Waals surface area contributed by atoms with E-state index in [1.165, 1.54) is 19.3 Å². The van der Waals surface area contributed by atoms with Gasteiger partial charge >= 0.3 is 0 Å². The van der Waals surface area contributed by atoms with Crippen molar-refractivity contribution in [2.24, 2.45) is 17.6 Å². The highest BCUT2D eigenvalue weighted by atomic mass is 79.9. The molecular formula is C69H72Br2ClN11O5. The number of pyridine rings is 2. The first-order chi connectivity index (χ1) is 42.6. The first-order valence-corrected chi connectivity index (χ1v) is 31.9. The zero-order chi connectivity index (χ0) is 62.2. The fraction of sp³-hybridized carbons (Fsp3) is 0.348. The van der Waals surface area contributed by atoms with Crippen LogP contribution in [0.5, 0.6) is 0 Å². The Bertz CT molecular complexity index is 3910. The molecule has 9 aromatic rings. The minimum absolute atomic E-state index is 0.0614. The number of aliphatic hydroxyl groups is 2. The molecule has 0 aliphatic carbocycles. The van der Waals surface area contributed by atoms with E-state index in [9.17, 15) is 24.6 Å². The van der Waals surface area contributed by atoms with Gasteiger partial charge in [-0.25, -0.2) is 9.69 Å². The van der Waals surface area contributed by atoms with E-state index in [4.69, 9.17) is 30.5 Å². The van der Waals surface area contributed by atoms with Crippen LogP contribution in [0.3, 0.4) is 0 Å². The van der Waals surface area contributed by atoms with E-state index in [2.05, 4.69) is 76.9 Å². The lowest BCUT2D eigenvalue weighted by molar-refractivity contribution is 0.0857. The van der Waals surface area contributed by atoms with E-state index in [0.717, 1.165) is 141 Å². The lowest BCUT2D eigenvalue weighted by Crippen LogP contribution is -2.38. The summed E-state index contributed by atoms with van der Waals surface area (Å²) in [6.45, 7) is 27.7. The van der Waals surface area contributed by atoms with Crippen molar-refractivity contribution >= 4 is 105 Å². The highest BCUT2D eigenvalue weighted by molar-refractivity contribution is 9.10. The zero-order valence-corrected chi connectivity index (χ0v) is 53.8. The number of fused-ring (bicyclic) bond motifs is 3. The van der Waals surface area contributed by atoms with Crippen molar-refractivity contribution in [3.8, 4) is 17.1 Å². The molecule has 0 amide bonds. The first kappa shape index (κ1) is 63.8. The molecule has 16 nitrogen and oxygen atoms in total. The molecule has 3 aliphatic rings. The summed E-state index contributed by atoms with van der Waals surface area (Å²) in [6, 6.07) is 32.6. The van der Waals surface area contributed by atoms with E-state index < -0.39 is 0 Å². The summed E-state index contributed by atoms with van der Waals surface area (Å²) in [7, 11) is 0. The quantitative estimate of drug-likeness (QED) is 0.0657. The van der Waals surface area contributed by atoms with Crippen molar-refractivity contribution in [3.63, 3.8) is 0 Å². The predicted octanol–water partition coefficient (Wildman–Crippen LogP) is 13.8. The topological polar surface area (TPSA) is 177 Å². The fourth-order valence-electron chi connectivity index (χ4n) is 12.7. The number of carbonyl (C=O) groups excluding carboxylic acids is 3. The number of likely N-dealkylation sites (tertiary alicyclic amines) is 3. The smallest absolute Gasteiger partial charge is 0.187 e. The lowest BCUT2D eigenvalue weighted by Gasteiger charge is -2.30. The van der Waals surface area contributed by atoms with Crippen LogP contribution in [-0.4, -0.2) is 138 Å². The molecule has 0 radical (unpaired) electrons. The molecular weight excluding hydrogens is 1260 g/mol. The number of benzene rings is 4. The van der Waals surface area contributed by atoms with Crippen molar-refractivity contribution in [2.75, 3.05) is 72.1 Å². The summed E-state index contributed by atoms with van der Waals surface area (Å²) < 4.78 is 7.90. The Morgan fingerprint density at radius 3 is 1.34 bits per heavy atom. The van der Waals surface area contributed by atoms with Crippen molar-refractivity contribution < 1.29 is 24.6 Å². The predicted molar refractivity (Wildman–Crippen MR) is 356 cm³/mol. The molecule has 3 fully saturated rings. The first-order valence-electron chi connectivity index (χ1n) is 30.0. The summed E-state index contributed by atoms with van der Waals surface area (Å²) in [5, 5.41) is 20.4. The molecule has 3 aliphatic heterocycles. The third kappa shape index (κ3) is 14.1. The molecule has 0 atom stereocenters.